The number of aliphatic carboxylic acids is 1. The number of nitrogens with zero attached hydrogens (tertiary/aromatic N) is 8. The van der Waals surface area contributed by atoms with Crippen molar-refractivity contribution < 1.29 is 53.3 Å². The van der Waals surface area contributed by atoms with Crippen molar-refractivity contribution in [1.82, 2.24) is 56.2 Å². The van der Waals surface area contributed by atoms with Crippen molar-refractivity contribution in [2.24, 2.45) is 17.6 Å². The predicted octanol–water partition coefficient (Wildman–Crippen LogP) is 8.38. The van der Waals surface area contributed by atoms with Crippen LogP contribution in [0.15, 0.2) is 64.0 Å². The standard InChI is InChI=1S/C56H59N13O9S6.CH2O2/c1-28(2)44(55-68-47(38(84-55)23-78-5)49(75)59-22-39(57)70)66-50(76)45-29(3)83-54(67-45)34(21-41(71)58-4)62-48(74)36-25-80-51(64-36)32-17-18-33(52-65-40(27-82-52)69(20-10-15-43(72)73)56(77)31-13-9-14-31)61-46(32)35-24-81-53(63-35)37-26-79-42(60-37)19-16-30-11-7-6-8-12-30;2-1-3/h6-8,11-12,17-18,24-28,31,34,44H,9-10,13-16,19-23H2,1-5H3,(H2,57,70)(H,58,71)(H,59,75)(H,62,74)(H,66,76)(H,72,73);1H,(H,2,3)/t34-,44?;/m0./s1. The molecular weight excluding hydrogens is 1240 g/mol. The van der Waals surface area contributed by atoms with Gasteiger partial charge in [-0.25, -0.2) is 34.9 Å². The minimum Gasteiger partial charge on any atom is -0.483 e. The van der Waals surface area contributed by atoms with Gasteiger partial charge in [0, 0.05) is 71.4 Å². The lowest BCUT2D eigenvalue weighted by Gasteiger charge is -2.30. The highest BCUT2D eigenvalue weighted by Crippen LogP contribution is 2.40. The van der Waals surface area contributed by atoms with Crippen LogP contribution in [0.2, 0.25) is 0 Å². The molecule has 0 radical (unpaired) electrons. The van der Waals surface area contributed by atoms with Crippen molar-refractivity contribution in [1.29, 1.82) is 0 Å². The van der Waals surface area contributed by atoms with E-state index in [4.69, 9.17) is 45.3 Å². The summed E-state index contributed by atoms with van der Waals surface area (Å²) >= 11 is 7.83. The van der Waals surface area contributed by atoms with Crippen LogP contribution in [0.4, 0.5) is 5.82 Å². The third kappa shape index (κ3) is 16.7. The molecule has 6 amide bonds. The fourth-order valence-electron chi connectivity index (χ4n) is 8.86. The van der Waals surface area contributed by atoms with Crippen molar-refractivity contribution in [3.05, 3.63) is 111 Å². The molecule has 1 fully saturated rings. The molecule has 0 spiro atoms. The van der Waals surface area contributed by atoms with E-state index in [1.807, 2.05) is 48.9 Å². The Kier molecular flexibility index (Phi) is 22.7. The normalized spacial score (nSPS) is 12.7. The number of carbonyl (C=O) groups excluding carboxylic acids is 6. The number of aromatic nitrogens is 7. The Hall–Kier alpha value is -8.13. The molecule has 30 heteroatoms. The van der Waals surface area contributed by atoms with Crippen LogP contribution in [-0.4, -0.2) is 120 Å². The van der Waals surface area contributed by atoms with E-state index >= 15 is 0 Å². The summed E-state index contributed by atoms with van der Waals surface area (Å²) in [5.41, 5.74) is 9.39. The second-order valence-electron chi connectivity index (χ2n) is 20.0. The van der Waals surface area contributed by atoms with Crippen molar-refractivity contribution in [2.45, 2.75) is 90.8 Å². The number of hydrogen-bond donors (Lipinski definition) is 7. The highest BCUT2D eigenvalue weighted by atomic mass is 32.1. The van der Waals surface area contributed by atoms with E-state index in [1.54, 1.807) is 40.0 Å². The number of pyridine rings is 1. The van der Waals surface area contributed by atoms with Crippen LogP contribution in [0.3, 0.4) is 0 Å². The summed E-state index contributed by atoms with van der Waals surface area (Å²) < 4.78 is 5.32. The summed E-state index contributed by atoms with van der Waals surface area (Å²) in [5.74, 6) is -3.83. The monoisotopic (exact) mass is 1300 g/mol. The molecule has 2 atom stereocenters. The summed E-state index contributed by atoms with van der Waals surface area (Å²) in [6.07, 6.45) is 4.09. The number of amides is 6. The first-order valence-electron chi connectivity index (χ1n) is 27.2. The van der Waals surface area contributed by atoms with E-state index in [9.17, 15) is 38.7 Å². The van der Waals surface area contributed by atoms with Crippen LogP contribution in [0.5, 0.6) is 0 Å². The number of rotatable bonds is 27. The van der Waals surface area contributed by atoms with Gasteiger partial charge in [0.25, 0.3) is 24.2 Å². The Morgan fingerprint density at radius 2 is 1.49 bits per heavy atom. The Morgan fingerprint density at radius 1 is 0.782 bits per heavy atom. The Morgan fingerprint density at radius 3 is 2.18 bits per heavy atom. The third-order valence-corrected chi connectivity index (χ3v) is 19.2. The van der Waals surface area contributed by atoms with Crippen LogP contribution in [-0.2, 0) is 48.2 Å². The van der Waals surface area contributed by atoms with E-state index in [0.29, 0.717) is 63.3 Å². The average molecular weight is 1300 g/mol. The molecule has 8 aromatic rings. The van der Waals surface area contributed by atoms with Crippen LogP contribution in [0.25, 0.3) is 43.4 Å². The van der Waals surface area contributed by atoms with Gasteiger partial charge in [-0.2, -0.15) is 0 Å². The molecule has 1 unspecified atom stereocenters. The van der Waals surface area contributed by atoms with Crippen LogP contribution >= 0.6 is 68.0 Å². The van der Waals surface area contributed by atoms with E-state index in [0.717, 1.165) is 54.1 Å². The molecule has 456 valence electrons. The largest absolute Gasteiger partial charge is 0.483 e. The zero-order valence-electron chi connectivity index (χ0n) is 47.7. The number of nitrogens with two attached hydrogens (primary N) is 1. The molecule has 7 aromatic heterocycles. The lowest BCUT2D eigenvalue weighted by Crippen LogP contribution is -2.40. The van der Waals surface area contributed by atoms with Gasteiger partial charge in [-0.15, -0.1) is 68.0 Å². The van der Waals surface area contributed by atoms with Crippen molar-refractivity contribution in [3.8, 4) is 43.4 Å². The summed E-state index contributed by atoms with van der Waals surface area (Å²) in [6, 6.07) is 12.2. The molecule has 0 bridgehead atoms. The quantitative estimate of drug-likeness (QED) is 0.0238. The maximum atomic E-state index is 14.3. The minimum absolute atomic E-state index is 0.0428. The number of carboxylic acid groups (broad SMARTS) is 2. The first kappa shape index (κ1) is 64.9. The molecule has 1 aliphatic rings. The number of carbonyl (C=O) groups is 8. The Balaban J connectivity index is 0.00000321. The minimum atomic E-state index is -0.986. The number of carboxylic acids is 1. The molecule has 1 saturated carbocycles. The van der Waals surface area contributed by atoms with Gasteiger partial charge in [-0.05, 0) is 56.2 Å². The van der Waals surface area contributed by atoms with Gasteiger partial charge in [0.15, 0.2) is 0 Å². The highest BCUT2D eigenvalue weighted by Gasteiger charge is 2.33. The molecule has 7 heterocycles. The number of hydrogen-bond acceptors (Lipinski definition) is 22. The Labute approximate surface area is 523 Å². The fourth-order valence-corrected chi connectivity index (χ4v) is 14.3. The van der Waals surface area contributed by atoms with Crippen molar-refractivity contribution >= 4 is 122 Å². The average Bonchev–Trinajstić information content (AvgIpc) is 2.19. The molecule has 9 rings (SSSR count). The maximum Gasteiger partial charge on any atom is 0.303 e. The zero-order chi connectivity index (χ0) is 62.3. The number of aryl methyl sites for hydroxylation is 3. The molecular formula is C57H61N13O11S6. The van der Waals surface area contributed by atoms with E-state index < -0.39 is 47.6 Å². The van der Waals surface area contributed by atoms with Crippen LogP contribution < -0.4 is 31.9 Å². The SMILES string of the molecule is CNC(=O)C[C@H](NC(=O)c1csc(-c2ccc(-c3nc(N(CCCC(=O)O)C(=O)C4CCC4)cs3)nc2-c2csc(-c3csc(CCc4ccccc4)n3)n2)n1)c1nc(C(=O)NC(c2nc(C(=O)NCC(N)=O)c(COC)s2)C(C)C)c(C)s1.O=CO. The van der Waals surface area contributed by atoms with Crippen molar-refractivity contribution in [2.75, 3.05) is 32.1 Å². The second kappa shape index (κ2) is 30.5. The van der Waals surface area contributed by atoms with Gasteiger partial charge >= 0.3 is 5.97 Å². The van der Waals surface area contributed by atoms with Gasteiger partial charge in [-0.3, -0.25) is 43.3 Å². The molecule has 0 aliphatic heterocycles. The molecule has 24 nitrogen and oxygen atoms in total. The maximum absolute atomic E-state index is 14.3. The molecule has 1 aliphatic carbocycles. The number of thiazole rings is 6. The lowest BCUT2D eigenvalue weighted by molar-refractivity contribution is -0.137. The van der Waals surface area contributed by atoms with Crippen molar-refractivity contribution in [3.63, 3.8) is 0 Å². The first-order valence-corrected chi connectivity index (χ1v) is 32.4. The van der Waals surface area contributed by atoms with Crippen LogP contribution in [0.1, 0.15) is 126 Å². The van der Waals surface area contributed by atoms with E-state index in [2.05, 4.69) is 43.4 Å². The summed E-state index contributed by atoms with van der Waals surface area (Å²) in [5, 5.41) is 37.9. The van der Waals surface area contributed by atoms with Gasteiger partial charge in [0.2, 0.25) is 17.7 Å². The Bertz CT molecular complexity index is 3760. The summed E-state index contributed by atoms with van der Waals surface area (Å²) in [7, 11) is 2.94. The van der Waals surface area contributed by atoms with Crippen LogP contribution in [0, 0.1) is 18.8 Å². The molecule has 87 heavy (non-hydrogen) atoms. The highest BCUT2D eigenvalue weighted by molar-refractivity contribution is 7.15. The fraction of sp³-hybridized carbons (Fsp3) is 0.351. The molecule has 1 aromatic carbocycles. The number of anilines is 1. The van der Waals surface area contributed by atoms with Gasteiger partial charge in [-0.1, -0.05) is 50.6 Å². The molecule has 0 saturated heterocycles. The lowest BCUT2D eigenvalue weighted by atomic mass is 9.84. The van der Waals surface area contributed by atoms with Gasteiger partial charge in [0.1, 0.15) is 65.0 Å². The predicted molar refractivity (Wildman–Crippen MR) is 333 cm³/mol. The summed E-state index contributed by atoms with van der Waals surface area (Å²) in [6.45, 7) is 5.09. The number of primary amides is 1. The van der Waals surface area contributed by atoms with Gasteiger partial charge in [0.05, 0.1) is 47.2 Å². The number of nitrogens with one attached hydrogen (secondary N) is 4. The topological polar surface area (TPSA) is 354 Å². The number of ether oxygens (including phenoxy) is 1. The van der Waals surface area contributed by atoms with Gasteiger partial charge < -0.3 is 42.0 Å². The van der Waals surface area contributed by atoms with E-state index in [-0.39, 0.29) is 80.3 Å². The zero-order valence-corrected chi connectivity index (χ0v) is 52.6. The second-order valence-corrected chi connectivity index (χ2v) is 25.8. The molecule has 8 N–H and O–H groups in total. The van der Waals surface area contributed by atoms with E-state index in [1.165, 1.54) is 65.1 Å². The first-order chi connectivity index (χ1) is 41.9. The third-order valence-electron chi connectivity index (χ3n) is 13.5. The number of benzene rings is 1. The smallest absolute Gasteiger partial charge is 0.303 e. The number of methoxy groups -OCH3 is 1. The summed E-state index contributed by atoms with van der Waals surface area (Å²) in [4.78, 5) is 136.